The molecule has 6 heteroatoms. The van der Waals surface area contributed by atoms with Crippen LogP contribution in [0.1, 0.15) is 23.4 Å². The van der Waals surface area contributed by atoms with E-state index in [2.05, 4.69) is 22.0 Å². The van der Waals surface area contributed by atoms with Crippen molar-refractivity contribution in [2.75, 3.05) is 13.2 Å². The molecule has 0 fully saturated rings. The number of nitrogens with one attached hydrogen (secondary N) is 1. The number of aromatic nitrogens is 2. The summed E-state index contributed by atoms with van der Waals surface area (Å²) in [5.41, 5.74) is 0. The third-order valence-electron chi connectivity index (χ3n) is 1.49. The van der Waals surface area contributed by atoms with Gasteiger partial charge in [0.1, 0.15) is 0 Å². The molecular formula is C9H13N3O3. The Morgan fingerprint density at radius 3 is 3.20 bits per heavy atom. The van der Waals surface area contributed by atoms with Crippen LogP contribution in [0.5, 0.6) is 0 Å². The third kappa shape index (κ3) is 3.51. The van der Waals surface area contributed by atoms with Gasteiger partial charge in [-0.25, -0.2) is 4.79 Å². The molecule has 0 saturated heterocycles. The maximum absolute atomic E-state index is 11.1. The lowest BCUT2D eigenvalue weighted by molar-refractivity contribution is 0.0508. The van der Waals surface area contributed by atoms with Gasteiger partial charge in [0.25, 0.3) is 5.82 Å². The van der Waals surface area contributed by atoms with Crippen molar-refractivity contribution in [1.82, 2.24) is 15.5 Å². The van der Waals surface area contributed by atoms with Gasteiger partial charge in [-0.1, -0.05) is 6.08 Å². The van der Waals surface area contributed by atoms with E-state index in [1.807, 2.05) is 0 Å². The molecule has 1 aromatic rings. The Morgan fingerprint density at radius 1 is 1.73 bits per heavy atom. The summed E-state index contributed by atoms with van der Waals surface area (Å²) in [6, 6.07) is 0. The molecule has 0 aliphatic carbocycles. The lowest BCUT2D eigenvalue weighted by Crippen LogP contribution is -2.13. The molecule has 82 valence electrons. The number of hydrogen-bond acceptors (Lipinski definition) is 6. The van der Waals surface area contributed by atoms with Gasteiger partial charge < -0.3 is 14.6 Å². The van der Waals surface area contributed by atoms with Crippen molar-refractivity contribution in [2.24, 2.45) is 0 Å². The number of rotatable bonds is 6. The summed E-state index contributed by atoms with van der Waals surface area (Å²) in [7, 11) is 0. The van der Waals surface area contributed by atoms with E-state index in [4.69, 9.17) is 9.26 Å². The zero-order valence-corrected chi connectivity index (χ0v) is 8.52. The zero-order valence-electron chi connectivity index (χ0n) is 8.52. The second-order valence-corrected chi connectivity index (χ2v) is 2.65. The molecule has 1 rings (SSSR count). The molecule has 0 saturated carbocycles. The summed E-state index contributed by atoms with van der Waals surface area (Å²) in [4.78, 5) is 15.0. The van der Waals surface area contributed by atoms with Crippen molar-refractivity contribution < 1.29 is 14.1 Å². The first-order valence-corrected chi connectivity index (χ1v) is 4.59. The van der Waals surface area contributed by atoms with Crippen molar-refractivity contribution in [3.05, 3.63) is 24.4 Å². The average Bonchev–Trinajstić information content (AvgIpc) is 2.67. The first-order valence-electron chi connectivity index (χ1n) is 4.59. The van der Waals surface area contributed by atoms with E-state index in [1.165, 1.54) is 0 Å². The average molecular weight is 211 g/mol. The molecule has 0 aromatic carbocycles. The second-order valence-electron chi connectivity index (χ2n) is 2.65. The Balaban J connectivity index is 2.48. The topological polar surface area (TPSA) is 77.2 Å². The maximum atomic E-state index is 11.1. The molecule has 0 atom stereocenters. The molecule has 0 unspecified atom stereocenters. The lowest BCUT2D eigenvalue weighted by atomic mass is 10.5. The van der Waals surface area contributed by atoms with Crippen LogP contribution in [0.2, 0.25) is 0 Å². The van der Waals surface area contributed by atoms with Crippen molar-refractivity contribution >= 4 is 5.97 Å². The summed E-state index contributed by atoms with van der Waals surface area (Å²) in [5.74, 6) is -0.275. The molecular weight excluding hydrogens is 198 g/mol. The van der Waals surface area contributed by atoms with Crippen LogP contribution >= 0.6 is 0 Å². The van der Waals surface area contributed by atoms with E-state index < -0.39 is 5.97 Å². The summed E-state index contributed by atoms with van der Waals surface area (Å²) in [6.45, 7) is 6.59. The quantitative estimate of drug-likeness (QED) is 0.420. The van der Waals surface area contributed by atoms with Crippen molar-refractivity contribution in [1.29, 1.82) is 0 Å². The van der Waals surface area contributed by atoms with Crippen molar-refractivity contribution in [3.63, 3.8) is 0 Å². The Bertz CT molecular complexity index is 335. The van der Waals surface area contributed by atoms with Crippen LogP contribution in [0.15, 0.2) is 17.2 Å². The van der Waals surface area contributed by atoms with Crippen LogP contribution in [0.4, 0.5) is 0 Å². The Morgan fingerprint density at radius 2 is 2.53 bits per heavy atom. The van der Waals surface area contributed by atoms with Gasteiger partial charge in [-0.05, 0) is 12.1 Å². The molecule has 6 nitrogen and oxygen atoms in total. The monoisotopic (exact) mass is 211 g/mol. The van der Waals surface area contributed by atoms with E-state index in [0.29, 0.717) is 19.0 Å². The summed E-state index contributed by atoms with van der Waals surface area (Å²) in [5, 5.41) is 6.46. The van der Waals surface area contributed by atoms with Gasteiger partial charge in [-0.15, -0.1) is 6.58 Å². The third-order valence-corrected chi connectivity index (χ3v) is 1.49. The van der Waals surface area contributed by atoms with E-state index in [9.17, 15) is 4.79 Å². The minimum absolute atomic E-state index is 0.0488. The second kappa shape index (κ2) is 5.92. The van der Waals surface area contributed by atoms with Crippen LogP contribution in [0.25, 0.3) is 0 Å². The number of esters is 1. The molecule has 0 bridgehead atoms. The van der Waals surface area contributed by atoms with E-state index >= 15 is 0 Å². The van der Waals surface area contributed by atoms with Gasteiger partial charge in [-0.2, -0.15) is 4.98 Å². The Kier molecular flexibility index (Phi) is 4.49. The van der Waals surface area contributed by atoms with Gasteiger partial charge in [0, 0.05) is 6.54 Å². The Labute approximate surface area is 87.3 Å². The largest absolute Gasteiger partial charge is 0.460 e. The standard InChI is InChI=1S/C9H13N3O3/c1-3-5-10-6-7-11-8(12-15-7)9(13)14-4-2/h3,10H,1,4-6H2,2H3. The number of carbonyl (C=O) groups is 1. The number of hydrogen-bond donors (Lipinski definition) is 1. The molecule has 0 amide bonds. The van der Waals surface area contributed by atoms with Gasteiger partial charge in [0.15, 0.2) is 0 Å². The molecule has 1 heterocycles. The Hall–Kier alpha value is -1.69. The molecule has 15 heavy (non-hydrogen) atoms. The highest BCUT2D eigenvalue weighted by atomic mass is 16.5. The predicted octanol–water partition coefficient (Wildman–Crippen LogP) is 0.522. The molecule has 0 spiro atoms. The van der Waals surface area contributed by atoms with E-state index in [0.717, 1.165) is 0 Å². The molecule has 0 aliphatic heterocycles. The van der Waals surface area contributed by atoms with Crippen LogP contribution in [0, 0.1) is 0 Å². The minimum atomic E-state index is -0.573. The van der Waals surface area contributed by atoms with Gasteiger partial charge in [0.2, 0.25) is 5.89 Å². The van der Waals surface area contributed by atoms with E-state index in [1.54, 1.807) is 13.0 Å². The fraction of sp³-hybridized carbons (Fsp3) is 0.444. The smallest absolute Gasteiger partial charge is 0.379 e. The first-order chi connectivity index (χ1) is 7.27. The molecule has 0 aliphatic rings. The van der Waals surface area contributed by atoms with Crippen LogP contribution in [-0.4, -0.2) is 29.3 Å². The molecule has 1 N–H and O–H groups in total. The van der Waals surface area contributed by atoms with Crippen molar-refractivity contribution in [2.45, 2.75) is 13.5 Å². The first kappa shape index (κ1) is 11.4. The maximum Gasteiger partial charge on any atom is 0.379 e. The summed E-state index contributed by atoms with van der Waals surface area (Å²) >= 11 is 0. The molecule has 0 radical (unpaired) electrons. The van der Waals surface area contributed by atoms with Crippen LogP contribution in [-0.2, 0) is 11.3 Å². The van der Waals surface area contributed by atoms with Crippen LogP contribution in [0.3, 0.4) is 0 Å². The fourth-order valence-corrected chi connectivity index (χ4v) is 0.886. The normalized spacial score (nSPS) is 9.93. The van der Waals surface area contributed by atoms with Crippen molar-refractivity contribution in [3.8, 4) is 0 Å². The lowest BCUT2D eigenvalue weighted by Gasteiger charge is -1.94. The number of ether oxygens (including phenoxy) is 1. The predicted molar refractivity (Wildman–Crippen MR) is 52.2 cm³/mol. The highest BCUT2D eigenvalue weighted by Crippen LogP contribution is 1.98. The number of nitrogens with zero attached hydrogens (tertiary/aromatic N) is 2. The summed E-state index contributed by atoms with van der Waals surface area (Å²) < 4.78 is 9.53. The van der Waals surface area contributed by atoms with Gasteiger partial charge in [0.05, 0.1) is 13.2 Å². The highest BCUT2D eigenvalue weighted by Gasteiger charge is 2.14. The highest BCUT2D eigenvalue weighted by molar-refractivity contribution is 5.84. The zero-order chi connectivity index (χ0) is 11.1. The summed E-state index contributed by atoms with van der Waals surface area (Å²) in [6.07, 6.45) is 1.71. The van der Waals surface area contributed by atoms with Crippen LogP contribution < -0.4 is 5.32 Å². The molecule has 1 aromatic heterocycles. The fourth-order valence-electron chi connectivity index (χ4n) is 0.886. The van der Waals surface area contributed by atoms with E-state index in [-0.39, 0.29) is 12.4 Å². The SMILES string of the molecule is C=CCNCc1nc(C(=O)OCC)no1. The minimum Gasteiger partial charge on any atom is -0.460 e. The van der Waals surface area contributed by atoms with Gasteiger partial charge >= 0.3 is 5.97 Å². The number of carbonyl (C=O) groups excluding carboxylic acids is 1. The van der Waals surface area contributed by atoms with Gasteiger partial charge in [-0.3, -0.25) is 0 Å².